The maximum Gasteiger partial charge on any atom is 0.104 e. The van der Waals surface area contributed by atoms with Crippen molar-refractivity contribution in [3.05, 3.63) is 6.92 Å². The summed E-state index contributed by atoms with van der Waals surface area (Å²) in [6, 6.07) is 0. The van der Waals surface area contributed by atoms with Crippen molar-refractivity contribution >= 4 is 0 Å². The van der Waals surface area contributed by atoms with E-state index < -0.39 is 0 Å². The first kappa shape index (κ1) is 24.7. The van der Waals surface area contributed by atoms with Crippen LogP contribution in [0.1, 0.15) is 6.42 Å². The molecule has 0 aliphatic carbocycles. The zero-order chi connectivity index (χ0) is 11.8. The third-order valence-electron chi connectivity index (χ3n) is 0.995. The summed E-state index contributed by atoms with van der Waals surface area (Å²) in [5.41, 5.74) is 0. The van der Waals surface area contributed by atoms with E-state index in [1.54, 1.807) is 0 Å². The van der Waals surface area contributed by atoms with Gasteiger partial charge in [-0.15, -0.1) is 0 Å². The molecule has 3 N–H and O–H groups in total. The zero-order valence-corrected chi connectivity index (χ0v) is 11.3. The van der Waals surface area contributed by atoms with Crippen molar-refractivity contribution in [3.63, 3.8) is 0 Å². The van der Waals surface area contributed by atoms with Gasteiger partial charge in [-0.1, -0.05) is 0 Å². The predicted octanol–water partition coefficient (Wildman–Crippen LogP) is -0.551. The average Bonchev–Trinajstić information content (AvgIpc) is 3.11. The maximum absolute atomic E-state index is 7.00. The van der Waals surface area contributed by atoms with Crippen LogP contribution in [-0.2, 0) is 31.2 Å². The van der Waals surface area contributed by atoms with Crippen molar-refractivity contribution in [2.75, 3.05) is 41.2 Å². The van der Waals surface area contributed by atoms with Crippen molar-refractivity contribution in [2.45, 2.75) is 12.5 Å². The smallest absolute Gasteiger partial charge is 0.104 e. The minimum absolute atomic E-state index is 0. The third-order valence-corrected chi connectivity index (χ3v) is 0.995. The van der Waals surface area contributed by atoms with Gasteiger partial charge in [0, 0.05) is 49.7 Å². The van der Waals surface area contributed by atoms with Crippen LogP contribution in [0, 0.1) is 6.92 Å². The molecule has 1 atom stereocenters. The number of hydrogen-bond donors (Lipinski definition) is 3. The van der Waals surface area contributed by atoms with Gasteiger partial charge in [-0.25, -0.2) is 0 Å². The van der Waals surface area contributed by atoms with Crippen molar-refractivity contribution in [2.24, 2.45) is 0 Å². The normalized spacial score (nSPS) is 15.0. The summed E-state index contributed by atoms with van der Waals surface area (Å²) in [5.74, 6) is 0. The van der Waals surface area contributed by atoms with Gasteiger partial charge >= 0.3 is 0 Å². The fourth-order valence-electron chi connectivity index (χ4n) is 0.481. The Balaban J connectivity index is -0.0000000755. The Hall–Kier alpha value is 0.514. The Labute approximate surface area is 107 Å². The van der Waals surface area contributed by atoms with E-state index in [-0.39, 0.29) is 21.7 Å². The quantitative estimate of drug-likeness (QED) is 0.273. The summed E-state index contributed by atoms with van der Waals surface area (Å²) in [5, 5.41) is 21.0. The predicted molar refractivity (Wildman–Crippen MR) is 55.0 cm³/mol. The molecule has 0 radical (unpaired) electrons. The molecule has 1 aliphatic heterocycles. The standard InChI is InChI=1S/C6H11O2.3CH4O.Ti/c1-2-3-7-4-6-5-8-6;3*1-2;/h6H,1-5H2;3*2H,1H3;/q-1;;;;. The van der Waals surface area contributed by atoms with E-state index in [2.05, 4.69) is 6.92 Å². The number of aliphatic hydroxyl groups excluding tert-OH is 3. The molecule has 1 saturated heterocycles. The van der Waals surface area contributed by atoms with Gasteiger partial charge in [0.1, 0.15) is 6.10 Å². The van der Waals surface area contributed by atoms with Gasteiger partial charge < -0.3 is 31.7 Å². The van der Waals surface area contributed by atoms with Gasteiger partial charge in [-0.2, -0.15) is 6.42 Å². The molecule has 0 aromatic rings. The van der Waals surface area contributed by atoms with Crippen LogP contribution in [0.2, 0.25) is 0 Å². The molecular formula is C9H23O5Ti-. The Morgan fingerprint density at radius 3 is 1.87 bits per heavy atom. The van der Waals surface area contributed by atoms with Gasteiger partial charge in [0.05, 0.1) is 13.2 Å². The average molecular weight is 259 g/mol. The second-order valence-corrected chi connectivity index (χ2v) is 1.88. The molecule has 1 heterocycles. The van der Waals surface area contributed by atoms with Crippen molar-refractivity contribution in [1.29, 1.82) is 0 Å². The molecule has 0 saturated carbocycles. The van der Waals surface area contributed by atoms with Crippen LogP contribution >= 0.6 is 0 Å². The molecule has 5 nitrogen and oxygen atoms in total. The van der Waals surface area contributed by atoms with Gasteiger partial charge in [-0.05, 0) is 0 Å². The first-order valence-electron chi connectivity index (χ1n) is 4.26. The van der Waals surface area contributed by atoms with Crippen molar-refractivity contribution < 1.29 is 46.5 Å². The van der Waals surface area contributed by atoms with Gasteiger partial charge in [0.25, 0.3) is 0 Å². The summed E-state index contributed by atoms with van der Waals surface area (Å²) < 4.78 is 10.0. The summed E-state index contributed by atoms with van der Waals surface area (Å²) in [7, 11) is 3.00. The number of epoxide rings is 1. The Morgan fingerprint density at radius 1 is 1.20 bits per heavy atom. The summed E-state index contributed by atoms with van der Waals surface area (Å²) in [6.07, 6.45) is 1.26. The number of hydrogen-bond acceptors (Lipinski definition) is 5. The largest absolute Gasteiger partial charge is 0.400 e. The summed E-state index contributed by atoms with van der Waals surface area (Å²) >= 11 is 0. The van der Waals surface area contributed by atoms with Crippen LogP contribution in [0.3, 0.4) is 0 Å². The first-order valence-corrected chi connectivity index (χ1v) is 4.26. The molecule has 0 aromatic heterocycles. The van der Waals surface area contributed by atoms with E-state index in [0.717, 1.165) is 47.6 Å². The van der Waals surface area contributed by atoms with Gasteiger partial charge in [0.2, 0.25) is 0 Å². The molecule has 94 valence electrons. The van der Waals surface area contributed by atoms with E-state index in [4.69, 9.17) is 24.8 Å². The maximum atomic E-state index is 7.00. The molecule has 15 heavy (non-hydrogen) atoms. The minimum Gasteiger partial charge on any atom is -0.400 e. The summed E-state index contributed by atoms with van der Waals surface area (Å²) in [4.78, 5) is 0. The zero-order valence-electron chi connectivity index (χ0n) is 9.77. The van der Waals surface area contributed by atoms with E-state index in [9.17, 15) is 0 Å². The monoisotopic (exact) mass is 259 g/mol. The van der Waals surface area contributed by atoms with E-state index in [1.165, 1.54) is 0 Å². The molecule has 6 heteroatoms. The van der Waals surface area contributed by atoms with Gasteiger partial charge in [-0.3, -0.25) is 0 Å². The molecular weight excluding hydrogens is 236 g/mol. The Kier molecular flexibility index (Phi) is 48.1. The van der Waals surface area contributed by atoms with Crippen LogP contribution in [0.25, 0.3) is 0 Å². The second-order valence-electron chi connectivity index (χ2n) is 1.88. The minimum atomic E-state index is 0. The van der Waals surface area contributed by atoms with E-state index in [1.807, 2.05) is 0 Å². The Morgan fingerprint density at radius 2 is 1.60 bits per heavy atom. The van der Waals surface area contributed by atoms with E-state index >= 15 is 0 Å². The van der Waals surface area contributed by atoms with Crippen LogP contribution < -0.4 is 0 Å². The van der Waals surface area contributed by atoms with Crippen LogP contribution in [0.15, 0.2) is 0 Å². The third kappa shape index (κ3) is 31.4. The molecule has 1 unspecified atom stereocenters. The number of aliphatic hydroxyl groups is 3. The van der Waals surface area contributed by atoms with E-state index in [0.29, 0.717) is 6.10 Å². The van der Waals surface area contributed by atoms with Gasteiger partial charge in [0.15, 0.2) is 0 Å². The van der Waals surface area contributed by atoms with Crippen LogP contribution in [0.5, 0.6) is 0 Å². The molecule has 1 rings (SSSR count). The molecule has 0 bridgehead atoms. The first-order chi connectivity index (χ1) is 6.93. The Bertz CT molecular complexity index is 71.5. The van der Waals surface area contributed by atoms with Crippen LogP contribution in [0.4, 0.5) is 0 Å². The van der Waals surface area contributed by atoms with Crippen LogP contribution in [-0.4, -0.2) is 62.6 Å². The molecule has 1 aliphatic rings. The molecule has 0 spiro atoms. The number of ether oxygens (including phenoxy) is 2. The topological polar surface area (TPSA) is 82.5 Å². The molecule has 1 fully saturated rings. The SMILES string of the molecule is CO.CO.CO.[CH2-]CCOCC1CO1.[Ti]. The molecule has 0 aromatic carbocycles. The van der Waals surface area contributed by atoms with Crippen molar-refractivity contribution in [1.82, 2.24) is 0 Å². The second kappa shape index (κ2) is 29.3. The molecule has 0 amide bonds. The number of rotatable bonds is 4. The fourth-order valence-corrected chi connectivity index (χ4v) is 0.481. The fraction of sp³-hybridized carbons (Fsp3) is 0.889. The van der Waals surface area contributed by atoms with Crippen molar-refractivity contribution in [3.8, 4) is 0 Å². The summed E-state index contributed by atoms with van der Waals surface area (Å²) in [6.45, 7) is 6.05.